The highest BCUT2D eigenvalue weighted by Gasteiger charge is 2.12. The lowest BCUT2D eigenvalue weighted by molar-refractivity contribution is 0.0699. The van der Waals surface area contributed by atoms with E-state index in [0.29, 0.717) is 23.2 Å². The summed E-state index contributed by atoms with van der Waals surface area (Å²) in [7, 11) is 0. The molecule has 0 radical (unpaired) electrons. The zero-order valence-corrected chi connectivity index (χ0v) is 14.5. The number of nitrogens with zero attached hydrogens (tertiary/aromatic N) is 1. The van der Waals surface area contributed by atoms with Gasteiger partial charge in [-0.2, -0.15) is 0 Å². The van der Waals surface area contributed by atoms with Gasteiger partial charge in [-0.05, 0) is 42.0 Å². The number of fused-ring (bicyclic) bond motifs is 1. The van der Waals surface area contributed by atoms with Crippen molar-refractivity contribution in [1.82, 2.24) is 4.98 Å². The molecule has 27 heavy (non-hydrogen) atoms. The van der Waals surface area contributed by atoms with Gasteiger partial charge in [0.2, 0.25) is 0 Å². The van der Waals surface area contributed by atoms with E-state index in [2.05, 4.69) is 4.98 Å². The largest absolute Gasteiger partial charge is 0.489 e. The van der Waals surface area contributed by atoms with E-state index in [1.54, 1.807) is 12.1 Å². The maximum absolute atomic E-state index is 11.6. The maximum Gasteiger partial charge on any atom is 0.336 e. The first-order valence-corrected chi connectivity index (χ1v) is 8.61. The molecule has 0 aliphatic rings. The zero-order chi connectivity index (χ0) is 18.6. The fourth-order valence-electron chi connectivity index (χ4n) is 2.96. The van der Waals surface area contributed by atoms with Gasteiger partial charge in [0.15, 0.2) is 0 Å². The molecule has 0 bridgehead atoms. The van der Waals surface area contributed by atoms with Crippen molar-refractivity contribution in [1.29, 1.82) is 0 Å². The van der Waals surface area contributed by atoms with Crippen LogP contribution in [0.5, 0.6) is 5.75 Å². The Labute approximate surface area is 156 Å². The molecule has 0 unspecified atom stereocenters. The van der Waals surface area contributed by atoms with Crippen molar-refractivity contribution in [3.05, 3.63) is 96.1 Å². The summed E-state index contributed by atoms with van der Waals surface area (Å²) in [5, 5.41) is 10.2. The number of rotatable bonds is 5. The molecule has 1 N–H and O–H groups in total. The summed E-state index contributed by atoms with van der Waals surface area (Å²) in [6.07, 6.45) is 0. The van der Waals surface area contributed by atoms with Crippen LogP contribution < -0.4 is 4.74 Å². The molecule has 0 spiro atoms. The Morgan fingerprint density at radius 3 is 2.33 bits per heavy atom. The van der Waals surface area contributed by atoms with Crippen LogP contribution in [-0.2, 0) is 6.61 Å². The molecule has 0 fully saturated rings. The van der Waals surface area contributed by atoms with Crippen molar-refractivity contribution < 1.29 is 14.6 Å². The second kappa shape index (κ2) is 7.30. The molecular weight excluding hydrogens is 338 g/mol. The summed E-state index contributed by atoms with van der Waals surface area (Å²) >= 11 is 0. The molecule has 132 valence electrons. The summed E-state index contributed by atoms with van der Waals surface area (Å²) in [6.45, 7) is 0.498. The number of aromatic carboxylic acids is 1. The van der Waals surface area contributed by atoms with E-state index < -0.39 is 5.97 Å². The van der Waals surface area contributed by atoms with Crippen molar-refractivity contribution in [2.45, 2.75) is 6.61 Å². The van der Waals surface area contributed by atoms with Gasteiger partial charge in [-0.1, -0.05) is 48.5 Å². The number of para-hydroxylation sites is 1. The predicted octanol–water partition coefficient (Wildman–Crippen LogP) is 5.18. The average molecular weight is 355 g/mol. The highest BCUT2D eigenvalue weighted by molar-refractivity contribution is 6.03. The first kappa shape index (κ1) is 16.8. The van der Waals surface area contributed by atoms with Gasteiger partial charge in [0, 0.05) is 10.9 Å². The van der Waals surface area contributed by atoms with Crippen LogP contribution in [0.1, 0.15) is 15.9 Å². The Kier molecular flexibility index (Phi) is 4.54. The van der Waals surface area contributed by atoms with Gasteiger partial charge in [0.25, 0.3) is 0 Å². The Morgan fingerprint density at radius 2 is 1.59 bits per heavy atom. The quantitative estimate of drug-likeness (QED) is 0.536. The number of carbonyl (C=O) groups is 1. The standard InChI is InChI=1S/C23H17NO3/c25-23(26)20-14-22(24-21-9-5-4-8-19(20)21)17-10-12-18(13-11-17)27-15-16-6-2-1-3-7-16/h1-14H,15H2,(H,25,26). The van der Waals surface area contributed by atoms with Crippen molar-refractivity contribution in [2.75, 3.05) is 0 Å². The summed E-state index contributed by atoms with van der Waals surface area (Å²) in [4.78, 5) is 16.2. The van der Waals surface area contributed by atoms with Gasteiger partial charge in [-0.25, -0.2) is 9.78 Å². The summed E-state index contributed by atoms with van der Waals surface area (Å²) < 4.78 is 5.80. The fraction of sp³-hybridized carbons (Fsp3) is 0.0435. The van der Waals surface area contributed by atoms with E-state index in [9.17, 15) is 9.90 Å². The lowest BCUT2D eigenvalue weighted by atomic mass is 10.0. The highest BCUT2D eigenvalue weighted by atomic mass is 16.5. The van der Waals surface area contributed by atoms with Crippen molar-refractivity contribution in [2.24, 2.45) is 0 Å². The second-order valence-electron chi connectivity index (χ2n) is 6.18. The van der Waals surface area contributed by atoms with Crippen LogP contribution in [0.15, 0.2) is 84.9 Å². The highest BCUT2D eigenvalue weighted by Crippen LogP contribution is 2.26. The minimum atomic E-state index is -0.960. The van der Waals surface area contributed by atoms with E-state index in [1.165, 1.54) is 0 Å². The minimum Gasteiger partial charge on any atom is -0.489 e. The predicted molar refractivity (Wildman–Crippen MR) is 105 cm³/mol. The van der Waals surface area contributed by atoms with Crippen LogP contribution in [0.4, 0.5) is 0 Å². The van der Waals surface area contributed by atoms with Gasteiger partial charge < -0.3 is 9.84 Å². The number of carboxylic acid groups (broad SMARTS) is 1. The van der Waals surface area contributed by atoms with Gasteiger partial charge in [0.05, 0.1) is 16.8 Å². The smallest absolute Gasteiger partial charge is 0.336 e. The number of ether oxygens (including phenoxy) is 1. The van der Waals surface area contributed by atoms with Gasteiger partial charge >= 0.3 is 5.97 Å². The molecular formula is C23H17NO3. The average Bonchev–Trinajstić information content (AvgIpc) is 2.72. The molecule has 0 saturated carbocycles. The number of benzene rings is 3. The van der Waals surface area contributed by atoms with Crippen LogP contribution >= 0.6 is 0 Å². The molecule has 4 aromatic rings. The van der Waals surface area contributed by atoms with Gasteiger partial charge in [-0.3, -0.25) is 0 Å². The number of hydrogen-bond donors (Lipinski definition) is 1. The van der Waals surface area contributed by atoms with Crippen molar-refractivity contribution in [3.8, 4) is 17.0 Å². The number of pyridine rings is 1. The van der Waals surface area contributed by atoms with Crippen LogP contribution in [0.2, 0.25) is 0 Å². The molecule has 0 saturated heterocycles. The maximum atomic E-state index is 11.6. The summed E-state index contributed by atoms with van der Waals surface area (Å²) in [5.74, 6) is -0.209. The van der Waals surface area contributed by atoms with Gasteiger partial charge in [0.1, 0.15) is 12.4 Å². The van der Waals surface area contributed by atoms with Crippen LogP contribution in [0, 0.1) is 0 Å². The van der Waals surface area contributed by atoms with E-state index in [4.69, 9.17) is 4.74 Å². The van der Waals surface area contributed by atoms with E-state index >= 15 is 0 Å². The Morgan fingerprint density at radius 1 is 0.889 bits per heavy atom. The molecule has 3 aromatic carbocycles. The Hall–Kier alpha value is -3.66. The van der Waals surface area contributed by atoms with E-state index in [1.807, 2.05) is 72.8 Å². The summed E-state index contributed by atoms with van der Waals surface area (Å²) in [5.41, 5.74) is 3.48. The molecule has 4 heteroatoms. The van der Waals surface area contributed by atoms with Crippen molar-refractivity contribution >= 4 is 16.9 Å². The molecule has 0 atom stereocenters. The fourth-order valence-corrected chi connectivity index (χ4v) is 2.96. The SMILES string of the molecule is O=C(O)c1cc(-c2ccc(OCc3ccccc3)cc2)nc2ccccc12. The zero-order valence-electron chi connectivity index (χ0n) is 14.5. The van der Waals surface area contributed by atoms with Crippen LogP contribution in [0.25, 0.3) is 22.2 Å². The molecule has 0 amide bonds. The van der Waals surface area contributed by atoms with Crippen LogP contribution in [-0.4, -0.2) is 16.1 Å². The lowest BCUT2D eigenvalue weighted by Gasteiger charge is -2.09. The van der Waals surface area contributed by atoms with E-state index in [0.717, 1.165) is 16.9 Å². The monoisotopic (exact) mass is 355 g/mol. The third-order valence-corrected chi connectivity index (χ3v) is 4.34. The number of hydrogen-bond acceptors (Lipinski definition) is 3. The molecule has 1 heterocycles. The third-order valence-electron chi connectivity index (χ3n) is 4.34. The van der Waals surface area contributed by atoms with Crippen LogP contribution in [0.3, 0.4) is 0 Å². The van der Waals surface area contributed by atoms with Gasteiger partial charge in [-0.15, -0.1) is 0 Å². The van der Waals surface area contributed by atoms with E-state index in [-0.39, 0.29) is 5.56 Å². The number of carboxylic acids is 1. The van der Waals surface area contributed by atoms with Crippen molar-refractivity contribution in [3.63, 3.8) is 0 Å². The first-order valence-electron chi connectivity index (χ1n) is 8.61. The minimum absolute atomic E-state index is 0.250. The first-order chi connectivity index (χ1) is 13.2. The molecule has 0 aliphatic carbocycles. The topological polar surface area (TPSA) is 59.4 Å². The molecule has 4 nitrogen and oxygen atoms in total. The molecule has 1 aromatic heterocycles. The third kappa shape index (κ3) is 3.65. The molecule has 0 aliphatic heterocycles. The number of aromatic nitrogens is 1. The Bertz CT molecular complexity index is 1090. The normalized spacial score (nSPS) is 10.7. The second-order valence-corrected chi connectivity index (χ2v) is 6.18. The molecule has 4 rings (SSSR count). The lowest BCUT2D eigenvalue weighted by Crippen LogP contribution is -2.00. The Balaban J connectivity index is 1.61. The summed E-state index contributed by atoms with van der Waals surface area (Å²) in [6, 6.07) is 26.4.